The quantitative estimate of drug-likeness (QED) is 0.748. The number of aryl methyl sites for hydroxylation is 1. The highest BCUT2D eigenvalue weighted by Gasteiger charge is 2.00. The number of anilines is 2. The predicted octanol–water partition coefficient (Wildman–Crippen LogP) is 3.92. The third kappa shape index (κ3) is 4.19. The van der Waals surface area contributed by atoms with Gasteiger partial charge in [-0.25, -0.2) is 0 Å². The Morgan fingerprint density at radius 2 is 1.75 bits per heavy atom. The van der Waals surface area contributed by atoms with Crippen LogP contribution in [0.25, 0.3) is 0 Å². The van der Waals surface area contributed by atoms with Gasteiger partial charge in [0.1, 0.15) is 5.75 Å². The molecule has 20 heavy (non-hydrogen) atoms. The number of hydrogen-bond donors (Lipinski definition) is 2. The van der Waals surface area contributed by atoms with Gasteiger partial charge in [0, 0.05) is 18.8 Å². The highest BCUT2D eigenvalue weighted by molar-refractivity contribution is 5.56. The second-order valence-electron chi connectivity index (χ2n) is 4.65. The lowest BCUT2D eigenvalue weighted by Crippen LogP contribution is -2.14. The molecule has 0 bridgehead atoms. The van der Waals surface area contributed by atoms with Crippen molar-refractivity contribution in [2.75, 3.05) is 30.3 Å². The molecule has 0 heterocycles. The van der Waals surface area contributed by atoms with E-state index in [1.54, 1.807) is 0 Å². The maximum absolute atomic E-state index is 5.59. The summed E-state index contributed by atoms with van der Waals surface area (Å²) in [5.41, 5.74) is 3.47. The van der Waals surface area contributed by atoms with Crippen molar-refractivity contribution in [3.8, 4) is 5.75 Å². The van der Waals surface area contributed by atoms with Gasteiger partial charge in [-0.3, -0.25) is 0 Å². The van der Waals surface area contributed by atoms with Crippen LogP contribution < -0.4 is 15.4 Å². The van der Waals surface area contributed by atoms with Crippen molar-refractivity contribution in [2.24, 2.45) is 0 Å². The Hall–Kier alpha value is -2.16. The van der Waals surface area contributed by atoms with Gasteiger partial charge in [0.15, 0.2) is 0 Å². The van der Waals surface area contributed by atoms with Gasteiger partial charge in [-0.1, -0.05) is 24.3 Å². The van der Waals surface area contributed by atoms with E-state index in [9.17, 15) is 0 Å². The van der Waals surface area contributed by atoms with Gasteiger partial charge in [0.25, 0.3) is 0 Å². The van der Waals surface area contributed by atoms with Gasteiger partial charge in [0.05, 0.1) is 12.3 Å². The van der Waals surface area contributed by atoms with E-state index in [4.69, 9.17) is 4.74 Å². The zero-order valence-corrected chi connectivity index (χ0v) is 12.1. The molecule has 0 saturated carbocycles. The first kappa shape index (κ1) is 14.3. The summed E-state index contributed by atoms with van der Waals surface area (Å²) in [6.45, 7) is 6.49. The molecule has 2 aromatic rings. The molecule has 2 rings (SSSR count). The molecule has 0 amide bonds. The van der Waals surface area contributed by atoms with Crippen LogP contribution in [0.4, 0.5) is 11.4 Å². The van der Waals surface area contributed by atoms with Crippen molar-refractivity contribution in [1.82, 2.24) is 0 Å². The summed E-state index contributed by atoms with van der Waals surface area (Å²) in [5, 5.41) is 6.80. The molecular formula is C17H22N2O. The smallest absolute Gasteiger partial charge is 0.142 e. The third-order valence-corrected chi connectivity index (χ3v) is 2.97. The summed E-state index contributed by atoms with van der Waals surface area (Å²) in [5.74, 6) is 0.908. The van der Waals surface area contributed by atoms with Gasteiger partial charge in [-0.15, -0.1) is 0 Å². The second kappa shape index (κ2) is 7.43. The Morgan fingerprint density at radius 1 is 0.950 bits per heavy atom. The summed E-state index contributed by atoms with van der Waals surface area (Å²) in [7, 11) is 0. The lowest BCUT2D eigenvalue weighted by Gasteiger charge is -2.13. The van der Waals surface area contributed by atoms with Crippen LogP contribution >= 0.6 is 0 Å². The first-order valence-electron chi connectivity index (χ1n) is 7.06. The molecule has 0 atom stereocenters. The van der Waals surface area contributed by atoms with Crippen LogP contribution in [0.2, 0.25) is 0 Å². The van der Waals surface area contributed by atoms with Crippen molar-refractivity contribution in [2.45, 2.75) is 13.8 Å². The van der Waals surface area contributed by atoms with Crippen LogP contribution in [-0.2, 0) is 0 Å². The fourth-order valence-electron chi connectivity index (χ4n) is 2.05. The van der Waals surface area contributed by atoms with Crippen molar-refractivity contribution in [3.63, 3.8) is 0 Å². The Balaban J connectivity index is 1.81. The zero-order chi connectivity index (χ0) is 14.2. The van der Waals surface area contributed by atoms with Crippen LogP contribution in [0.3, 0.4) is 0 Å². The monoisotopic (exact) mass is 270 g/mol. The summed E-state index contributed by atoms with van der Waals surface area (Å²) in [6, 6.07) is 16.4. The lowest BCUT2D eigenvalue weighted by atomic mass is 10.2. The molecule has 3 nitrogen and oxygen atoms in total. The Morgan fingerprint density at radius 3 is 2.55 bits per heavy atom. The maximum atomic E-state index is 5.59. The molecule has 0 aromatic heterocycles. The number of rotatable bonds is 7. The van der Waals surface area contributed by atoms with Crippen molar-refractivity contribution in [1.29, 1.82) is 0 Å². The predicted molar refractivity (Wildman–Crippen MR) is 85.8 cm³/mol. The first-order valence-corrected chi connectivity index (χ1v) is 7.06. The molecule has 2 N–H and O–H groups in total. The molecule has 3 heteroatoms. The molecule has 2 aromatic carbocycles. The van der Waals surface area contributed by atoms with Crippen LogP contribution in [0.1, 0.15) is 12.5 Å². The minimum atomic E-state index is 0.681. The minimum absolute atomic E-state index is 0.681. The van der Waals surface area contributed by atoms with E-state index >= 15 is 0 Å². The zero-order valence-electron chi connectivity index (χ0n) is 12.1. The SMILES string of the molecule is CCOc1ccccc1NCCNc1cccc(C)c1. The molecule has 0 saturated heterocycles. The summed E-state index contributed by atoms with van der Waals surface area (Å²) >= 11 is 0. The first-order chi connectivity index (χ1) is 9.79. The third-order valence-electron chi connectivity index (χ3n) is 2.97. The molecule has 0 aliphatic heterocycles. The molecule has 106 valence electrons. The van der Waals surface area contributed by atoms with Gasteiger partial charge < -0.3 is 15.4 Å². The fraction of sp³-hybridized carbons (Fsp3) is 0.294. The highest BCUT2D eigenvalue weighted by atomic mass is 16.5. The average Bonchev–Trinajstić information content (AvgIpc) is 2.46. The van der Waals surface area contributed by atoms with Crippen LogP contribution in [-0.4, -0.2) is 19.7 Å². The topological polar surface area (TPSA) is 33.3 Å². The number of ether oxygens (including phenoxy) is 1. The van der Waals surface area contributed by atoms with Crippen LogP contribution in [0.5, 0.6) is 5.75 Å². The van der Waals surface area contributed by atoms with Crippen molar-refractivity contribution >= 4 is 11.4 Å². The van der Waals surface area contributed by atoms with Gasteiger partial charge in [-0.05, 0) is 43.7 Å². The normalized spacial score (nSPS) is 10.1. The molecule has 0 spiro atoms. The molecule has 0 fully saturated rings. The minimum Gasteiger partial charge on any atom is -0.492 e. The highest BCUT2D eigenvalue weighted by Crippen LogP contribution is 2.23. The Bertz CT molecular complexity index is 540. The summed E-state index contributed by atoms with van der Waals surface area (Å²) < 4.78 is 5.59. The van der Waals surface area contributed by atoms with Crippen LogP contribution in [0, 0.1) is 6.92 Å². The largest absolute Gasteiger partial charge is 0.492 e. The molecular weight excluding hydrogens is 248 g/mol. The van der Waals surface area contributed by atoms with Crippen LogP contribution in [0.15, 0.2) is 48.5 Å². The second-order valence-corrected chi connectivity index (χ2v) is 4.65. The molecule has 0 unspecified atom stereocenters. The Labute approximate surface area is 121 Å². The van der Waals surface area contributed by atoms with Gasteiger partial charge in [-0.2, -0.15) is 0 Å². The maximum Gasteiger partial charge on any atom is 0.142 e. The fourth-order valence-corrected chi connectivity index (χ4v) is 2.05. The van der Waals surface area contributed by atoms with Crippen molar-refractivity contribution in [3.05, 3.63) is 54.1 Å². The standard InChI is InChI=1S/C17H22N2O/c1-3-20-17-10-5-4-9-16(17)19-12-11-18-15-8-6-7-14(2)13-15/h4-10,13,18-19H,3,11-12H2,1-2H3. The number of benzene rings is 2. The number of hydrogen-bond acceptors (Lipinski definition) is 3. The van der Waals surface area contributed by atoms with E-state index < -0.39 is 0 Å². The number of nitrogens with one attached hydrogen (secondary N) is 2. The van der Waals surface area contributed by atoms with E-state index in [0.717, 1.165) is 30.2 Å². The summed E-state index contributed by atoms with van der Waals surface area (Å²) in [6.07, 6.45) is 0. The molecule has 0 aliphatic rings. The van der Waals surface area contributed by atoms with Gasteiger partial charge in [0.2, 0.25) is 0 Å². The summed E-state index contributed by atoms with van der Waals surface area (Å²) in [4.78, 5) is 0. The van der Waals surface area contributed by atoms with Crippen molar-refractivity contribution < 1.29 is 4.74 Å². The molecule has 0 radical (unpaired) electrons. The Kier molecular flexibility index (Phi) is 5.30. The average molecular weight is 270 g/mol. The van der Waals surface area contributed by atoms with E-state index in [0.29, 0.717) is 6.61 Å². The molecule has 0 aliphatic carbocycles. The van der Waals surface area contributed by atoms with E-state index in [1.165, 1.54) is 5.56 Å². The van der Waals surface area contributed by atoms with E-state index in [2.05, 4.69) is 41.8 Å². The lowest BCUT2D eigenvalue weighted by molar-refractivity contribution is 0.342. The number of para-hydroxylation sites is 2. The van der Waals surface area contributed by atoms with E-state index in [-0.39, 0.29) is 0 Å². The van der Waals surface area contributed by atoms with E-state index in [1.807, 2.05) is 31.2 Å². The van der Waals surface area contributed by atoms with Gasteiger partial charge >= 0.3 is 0 Å².